The Kier molecular flexibility index (Phi) is 6.61. The topological polar surface area (TPSA) is 71.8 Å². The van der Waals surface area contributed by atoms with E-state index in [-0.39, 0.29) is 30.7 Å². The van der Waals surface area contributed by atoms with E-state index in [1.807, 2.05) is 18.2 Å². The van der Waals surface area contributed by atoms with Crippen LogP contribution in [0, 0.1) is 5.92 Å². The number of rotatable bonds is 4. The van der Waals surface area contributed by atoms with Crippen molar-refractivity contribution in [3.8, 4) is 5.69 Å². The van der Waals surface area contributed by atoms with Gasteiger partial charge in [-0.25, -0.2) is 9.67 Å². The number of carbonyl (C=O) groups excluding carboxylic acids is 1. The van der Waals surface area contributed by atoms with Crippen molar-refractivity contribution in [1.82, 2.24) is 25.4 Å². The van der Waals surface area contributed by atoms with Crippen molar-refractivity contribution in [2.24, 2.45) is 5.92 Å². The number of hydrogen-bond donors (Lipinski definition) is 2. The summed E-state index contributed by atoms with van der Waals surface area (Å²) in [4.78, 5) is 15.9. The highest BCUT2D eigenvalue weighted by molar-refractivity contribution is 5.94. The number of halogens is 2. The van der Waals surface area contributed by atoms with E-state index in [1.165, 1.54) is 6.33 Å². The van der Waals surface area contributed by atoms with Crippen LogP contribution in [0.2, 0.25) is 0 Å². The van der Waals surface area contributed by atoms with Gasteiger partial charge in [-0.1, -0.05) is 6.07 Å². The van der Waals surface area contributed by atoms with E-state index >= 15 is 0 Å². The number of carbonyl (C=O) groups is 1. The lowest BCUT2D eigenvalue weighted by atomic mass is 10.0. The average Bonchev–Trinajstić information content (AvgIpc) is 2.91. The summed E-state index contributed by atoms with van der Waals surface area (Å²) in [5.41, 5.74) is 1.47. The van der Waals surface area contributed by atoms with Gasteiger partial charge in [0.1, 0.15) is 12.7 Å². The first-order valence-corrected chi connectivity index (χ1v) is 6.27. The summed E-state index contributed by atoms with van der Waals surface area (Å²) in [6.45, 7) is 2.69. The number of nitrogens with one attached hydrogen (secondary N) is 2. The SMILES string of the molecule is Cl.Cl.O=C(NCC1CNC1)c1cccc(-n2cncn2)c1. The van der Waals surface area contributed by atoms with Gasteiger partial charge in [-0.05, 0) is 18.2 Å². The molecule has 0 saturated carbocycles. The predicted octanol–water partition coefficient (Wildman–Crippen LogP) is 1.06. The van der Waals surface area contributed by atoms with E-state index < -0.39 is 0 Å². The molecule has 1 aromatic carbocycles. The van der Waals surface area contributed by atoms with Gasteiger partial charge in [-0.2, -0.15) is 5.10 Å². The summed E-state index contributed by atoms with van der Waals surface area (Å²) in [5.74, 6) is 0.510. The average molecular weight is 330 g/mol. The van der Waals surface area contributed by atoms with Gasteiger partial charge in [0.15, 0.2) is 0 Å². The van der Waals surface area contributed by atoms with Crippen LogP contribution in [0.1, 0.15) is 10.4 Å². The molecule has 6 nitrogen and oxygen atoms in total. The smallest absolute Gasteiger partial charge is 0.251 e. The van der Waals surface area contributed by atoms with E-state index in [1.54, 1.807) is 17.1 Å². The first-order chi connectivity index (χ1) is 9.33. The summed E-state index contributed by atoms with van der Waals surface area (Å²) >= 11 is 0. The van der Waals surface area contributed by atoms with Gasteiger partial charge in [0, 0.05) is 31.1 Å². The zero-order chi connectivity index (χ0) is 13.1. The van der Waals surface area contributed by atoms with Crippen LogP contribution >= 0.6 is 24.8 Å². The minimum Gasteiger partial charge on any atom is -0.352 e. The predicted molar refractivity (Wildman–Crippen MR) is 84.5 cm³/mol. The molecule has 1 aliphatic rings. The monoisotopic (exact) mass is 329 g/mol. The molecule has 1 aliphatic heterocycles. The molecule has 21 heavy (non-hydrogen) atoms. The number of nitrogens with zero attached hydrogens (tertiary/aromatic N) is 3. The van der Waals surface area contributed by atoms with Crippen molar-refractivity contribution in [3.05, 3.63) is 42.5 Å². The Hall–Kier alpha value is -1.63. The maximum Gasteiger partial charge on any atom is 0.251 e. The van der Waals surface area contributed by atoms with Crippen LogP contribution < -0.4 is 10.6 Å². The van der Waals surface area contributed by atoms with E-state index in [4.69, 9.17) is 0 Å². The lowest BCUT2D eigenvalue weighted by Crippen LogP contribution is -2.48. The molecule has 8 heteroatoms. The highest BCUT2D eigenvalue weighted by Gasteiger charge is 2.17. The van der Waals surface area contributed by atoms with Gasteiger partial charge in [0.2, 0.25) is 0 Å². The highest BCUT2D eigenvalue weighted by atomic mass is 35.5. The Bertz CT molecular complexity index is 572. The summed E-state index contributed by atoms with van der Waals surface area (Å²) in [5, 5.41) is 10.2. The van der Waals surface area contributed by atoms with Crippen molar-refractivity contribution < 1.29 is 4.79 Å². The fraction of sp³-hybridized carbons (Fsp3) is 0.308. The normalized spacial score (nSPS) is 13.5. The zero-order valence-electron chi connectivity index (χ0n) is 11.2. The van der Waals surface area contributed by atoms with E-state index in [0.29, 0.717) is 11.5 Å². The second kappa shape index (κ2) is 7.97. The number of amides is 1. The molecule has 2 heterocycles. The minimum atomic E-state index is -0.0473. The van der Waals surface area contributed by atoms with Crippen LogP contribution in [-0.2, 0) is 0 Å². The Morgan fingerprint density at radius 1 is 1.38 bits per heavy atom. The molecule has 1 aromatic heterocycles. The number of hydrogen-bond acceptors (Lipinski definition) is 4. The number of aromatic nitrogens is 3. The maximum atomic E-state index is 12.0. The molecule has 1 amide bonds. The molecule has 0 atom stereocenters. The van der Waals surface area contributed by atoms with Gasteiger partial charge in [0.25, 0.3) is 5.91 Å². The zero-order valence-corrected chi connectivity index (χ0v) is 12.9. The van der Waals surface area contributed by atoms with Gasteiger partial charge >= 0.3 is 0 Å². The molecule has 1 saturated heterocycles. The van der Waals surface area contributed by atoms with Crippen LogP contribution in [-0.4, -0.2) is 40.3 Å². The molecule has 0 spiro atoms. The van der Waals surface area contributed by atoms with Crippen LogP contribution in [0.15, 0.2) is 36.9 Å². The van der Waals surface area contributed by atoms with Gasteiger partial charge in [-0.3, -0.25) is 4.79 Å². The molecule has 0 bridgehead atoms. The Morgan fingerprint density at radius 3 is 2.81 bits per heavy atom. The van der Waals surface area contributed by atoms with Gasteiger partial charge in [-0.15, -0.1) is 24.8 Å². The fourth-order valence-corrected chi connectivity index (χ4v) is 1.96. The van der Waals surface area contributed by atoms with Gasteiger partial charge in [0.05, 0.1) is 5.69 Å². The molecular weight excluding hydrogens is 313 g/mol. The molecule has 0 aliphatic carbocycles. The van der Waals surface area contributed by atoms with Crippen molar-refractivity contribution in [1.29, 1.82) is 0 Å². The van der Waals surface area contributed by atoms with Crippen molar-refractivity contribution >= 4 is 30.7 Å². The van der Waals surface area contributed by atoms with E-state index in [9.17, 15) is 4.79 Å². The molecule has 114 valence electrons. The summed E-state index contributed by atoms with van der Waals surface area (Å²) in [6, 6.07) is 7.34. The van der Waals surface area contributed by atoms with Crippen molar-refractivity contribution in [3.63, 3.8) is 0 Å². The first-order valence-electron chi connectivity index (χ1n) is 6.27. The summed E-state index contributed by atoms with van der Waals surface area (Å²) < 4.78 is 1.63. The highest BCUT2D eigenvalue weighted by Crippen LogP contribution is 2.09. The molecule has 3 rings (SSSR count). The number of benzene rings is 1. The molecule has 1 fully saturated rings. The fourth-order valence-electron chi connectivity index (χ4n) is 1.96. The standard InChI is InChI=1S/C13H15N5O.2ClH/c19-13(16-7-10-5-14-6-10)11-2-1-3-12(4-11)18-9-15-8-17-18;;/h1-4,8-10,14H,5-7H2,(H,16,19);2*1H. The largest absolute Gasteiger partial charge is 0.352 e. The molecule has 2 N–H and O–H groups in total. The maximum absolute atomic E-state index is 12.0. The Morgan fingerprint density at radius 2 is 2.19 bits per heavy atom. The second-order valence-electron chi connectivity index (χ2n) is 4.62. The Balaban J connectivity index is 0.00000110. The summed E-state index contributed by atoms with van der Waals surface area (Å²) in [6.07, 6.45) is 3.08. The quantitative estimate of drug-likeness (QED) is 0.879. The molecule has 0 unspecified atom stereocenters. The van der Waals surface area contributed by atoms with Crippen LogP contribution in [0.3, 0.4) is 0 Å². The van der Waals surface area contributed by atoms with Gasteiger partial charge < -0.3 is 10.6 Å². The molecular formula is C13H17Cl2N5O. The third-order valence-electron chi connectivity index (χ3n) is 3.21. The molecule has 2 aromatic rings. The lowest BCUT2D eigenvalue weighted by Gasteiger charge is -2.27. The van der Waals surface area contributed by atoms with Crippen LogP contribution in [0.25, 0.3) is 5.69 Å². The third-order valence-corrected chi connectivity index (χ3v) is 3.21. The summed E-state index contributed by atoms with van der Waals surface area (Å²) in [7, 11) is 0. The van der Waals surface area contributed by atoms with Crippen molar-refractivity contribution in [2.75, 3.05) is 19.6 Å². The van der Waals surface area contributed by atoms with Crippen molar-refractivity contribution in [2.45, 2.75) is 0 Å². The van der Waals surface area contributed by atoms with Crippen LogP contribution in [0.4, 0.5) is 0 Å². The van der Waals surface area contributed by atoms with E-state index in [0.717, 1.165) is 25.3 Å². The van der Waals surface area contributed by atoms with E-state index in [2.05, 4.69) is 20.7 Å². The second-order valence-corrected chi connectivity index (χ2v) is 4.62. The van der Waals surface area contributed by atoms with Crippen LogP contribution in [0.5, 0.6) is 0 Å². The minimum absolute atomic E-state index is 0. The third kappa shape index (κ3) is 4.17. The Labute approximate surface area is 135 Å². The molecule has 0 radical (unpaired) electrons. The first kappa shape index (κ1) is 17.4. The lowest BCUT2D eigenvalue weighted by molar-refractivity contribution is 0.0942.